The van der Waals surface area contributed by atoms with Crippen LogP contribution in [0.3, 0.4) is 0 Å². The summed E-state index contributed by atoms with van der Waals surface area (Å²) in [7, 11) is -6.68. The summed E-state index contributed by atoms with van der Waals surface area (Å²) in [6.07, 6.45) is 0. The second kappa shape index (κ2) is 4.56. The largest absolute Gasteiger partial charge is 0.412 e. The average Bonchev–Trinajstić information content (AvgIpc) is 2.28. The van der Waals surface area contributed by atoms with Gasteiger partial charge in [-0.1, -0.05) is 0 Å². The summed E-state index contributed by atoms with van der Waals surface area (Å²) in [5, 5.41) is 0. The highest BCUT2D eigenvalue weighted by molar-refractivity contribution is 6.97. The quantitative estimate of drug-likeness (QED) is 0.717. The van der Waals surface area contributed by atoms with E-state index in [1.807, 2.05) is 6.55 Å². The van der Waals surface area contributed by atoms with Gasteiger partial charge in [0.05, 0.1) is 0 Å². The molecule has 1 aliphatic rings. The van der Waals surface area contributed by atoms with Crippen molar-refractivity contribution >= 4 is 26.4 Å². The van der Waals surface area contributed by atoms with Crippen LogP contribution in [-0.4, -0.2) is 26.4 Å². The zero-order chi connectivity index (χ0) is 11.5. The maximum absolute atomic E-state index is 5.92. The van der Waals surface area contributed by atoms with Crippen molar-refractivity contribution in [1.82, 2.24) is 0 Å². The van der Waals surface area contributed by atoms with Gasteiger partial charge in [-0.3, -0.25) is 0 Å². The second-order valence-electron chi connectivity index (χ2n) is 3.16. The van der Waals surface area contributed by atoms with Crippen LogP contribution in [0.5, 0.6) is 0 Å². The van der Waals surface area contributed by atoms with Gasteiger partial charge >= 0.3 is 26.4 Å². The third-order valence-corrected chi connectivity index (χ3v) is 12.6. The topological polar surface area (TPSA) is 27.7 Å². The molecular weight excluding hydrogens is 240 g/mol. The fourth-order valence-electron chi connectivity index (χ4n) is 1.37. The number of hydrogen-bond donors (Lipinski definition) is 0. The molecule has 1 saturated heterocycles. The standard InChI is InChI=1S/C9H16O3Si3/c1-6-14(7-2)10-13(5)11-15(8-3,9-4)12-14/h6-9,13H,1-4H2,5H3. The smallest absolute Gasteiger partial charge is 0.373 e. The monoisotopic (exact) mass is 256 g/mol. The molecule has 1 aliphatic heterocycles. The Labute approximate surface area is 94.7 Å². The van der Waals surface area contributed by atoms with Gasteiger partial charge in [0.25, 0.3) is 0 Å². The zero-order valence-electron chi connectivity index (χ0n) is 8.94. The van der Waals surface area contributed by atoms with E-state index in [2.05, 4.69) is 26.3 Å². The van der Waals surface area contributed by atoms with Crippen molar-refractivity contribution in [2.45, 2.75) is 6.55 Å². The summed E-state index contributed by atoms with van der Waals surface area (Å²) >= 11 is 0. The Hall–Kier alpha value is -0.509. The first-order chi connectivity index (χ1) is 7.05. The lowest BCUT2D eigenvalue weighted by Gasteiger charge is -2.42. The van der Waals surface area contributed by atoms with E-state index in [9.17, 15) is 0 Å². The summed E-state index contributed by atoms with van der Waals surface area (Å²) in [4.78, 5) is 0. The highest BCUT2D eigenvalue weighted by Crippen LogP contribution is 2.27. The van der Waals surface area contributed by atoms with Crippen LogP contribution >= 0.6 is 0 Å². The van der Waals surface area contributed by atoms with E-state index < -0.39 is 26.4 Å². The van der Waals surface area contributed by atoms with Gasteiger partial charge in [-0.2, -0.15) is 0 Å². The van der Waals surface area contributed by atoms with Crippen LogP contribution in [-0.2, 0) is 12.3 Å². The van der Waals surface area contributed by atoms with Crippen molar-refractivity contribution in [3.8, 4) is 0 Å². The first kappa shape index (κ1) is 12.6. The van der Waals surface area contributed by atoms with Crippen LogP contribution in [0.1, 0.15) is 0 Å². The molecule has 0 radical (unpaired) electrons. The molecule has 0 unspecified atom stereocenters. The molecule has 0 saturated carbocycles. The van der Waals surface area contributed by atoms with Gasteiger partial charge in [-0.05, 0) is 29.3 Å². The second-order valence-corrected chi connectivity index (χ2v) is 11.5. The molecule has 82 valence electrons. The van der Waals surface area contributed by atoms with Crippen molar-refractivity contribution in [2.24, 2.45) is 0 Å². The van der Waals surface area contributed by atoms with Gasteiger partial charge in [0.15, 0.2) is 0 Å². The first-order valence-corrected chi connectivity index (χ1v) is 10.7. The molecule has 0 amide bonds. The minimum Gasteiger partial charge on any atom is -0.412 e. The summed E-state index contributed by atoms with van der Waals surface area (Å²) in [5.41, 5.74) is 6.89. The highest BCUT2D eigenvalue weighted by Gasteiger charge is 2.49. The van der Waals surface area contributed by atoms with Crippen LogP contribution in [0.25, 0.3) is 0 Å². The van der Waals surface area contributed by atoms with Crippen LogP contribution in [0.4, 0.5) is 0 Å². The molecule has 15 heavy (non-hydrogen) atoms. The van der Waals surface area contributed by atoms with Gasteiger partial charge in [0.2, 0.25) is 0 Å². The van der Waals surface area contributed by atoms with Crippen molar-refractivity contribution in [2.75, 3.05) is 0 Å². The minimum atomic E-state index is -2.49. The van der Waals surface area contributed by atoms with E-state index in [0.717, 1.165) is 0 Å². The summed E-state index contributed by atoms with van der Waals surface area (Å²) in [6.45, 7) is 17.0. The molecule has 1 rings (SSSR count). The maximum atomic E-state index is 5.92. The Balaban J connectivity index is 3.07. The zero-order valence-corrected chi connectivity index (χ0v) is 12.1. The van der Waals surface area contributed by atoms with Crippen molar-refractivity contribution in [3.63, 3.8) is 0 Å². The summed E-state index contributed by atoms with van der Waals surface area (Å²) in [6, 6.07) is 0. The molecule has 0 aromatic carbocycles. The predicted octanol–water partition coefficient (Wildman–Crippen LogP) is 1.69. The first-order valence-electron chi connectivity index (χ1n) is 4.65. The van der Waals surface area contributed by atoms with Crippen molar-refractivity contribution in [1.29, 1.82) is 0 Å². The molecular formula is C9H16O3Si3. The maximum Gasteiger partial charge on any atom is 0.373 e. The van der Waals surface area contributed by atoms with E-state index in [-0.39, 0.29) is 0 Å². The molecule has 0 aromatic heterocycles. The Morgan fingerprint density at radius 1 is 0.867 bits per heavy atom. The van der Waals surface area contributed by atoms with Crippen molar-refractivity contribution in [3.05, 3.63) is 49.1 Å². The third-order valence-electron chi connectivity index (χ3n) is 2.16. The Morgan fingerprint density at radius 2 is 1.20 bits per heavy atom. The Bertz CT molecular complexity index is 259. The molecule has 3 nitrogen and oxygen atoms in total. The molecule has 0 spiro atoms. The van der Waals surface area contributed by atoms with E-state index >= 15 is 0 Å². The average molecular weight is 256 g/mol. The normalized spacial score (nSPS) is 24.1. The summed E-state index contributed by atoms with van der Waals surface area (Å²) < 4.78 is 17.5. The minimum absolute atomic E-state index is 1.70. The third kappa shape index (κ3) is 2.36. The van der Waals surface area contributed by atoms with Crippen molar-refractivity contribution < 1.29 is 12.3 Å². The van der Waals surface area contributed by atoms with E-state index in [4.69, 9.17) is 12.3 Å². The predicted molar refractivity (Wildman–Crippen MR) is 68.6 cm³/mol. The Kier molecular flexibility index (Phi) is 3.82. The lowest BCUT2D eigenvalue weighted by Crippen LogP contribution is -2.61. The number of hydrogen-bond acceptors (Lipinski definition) is 3. The molecule has 0 bridgehead atoms. The number of rotatable bonds is 4. The molecule has 1 fully saturated rings. The lowest BCUT2D eigenvalue weighted by molar-refractivity contribution is 0.273. The van der Waals surface area contributed by atoms with Crippen LogP contribution in [0.2, 0.25) is 6.55 Å². The van der Waals surface area contributed by atoms with E-state index in [1.54, 1.807) is 22.8 Å². The van der Waals surface area contributed by atoms with Crippen LogP contribution in [0, 0.1) is 0 Å². The lowest BCUT2D eigenvalue weighted by atomic mass is 11.2. The molecule has 1 heterocycles. The molecule has 0 N–H and O–H groups in total. The molecule has 6 heteroatoms. The van der Waals surface area contributed by atoms with E-state index in [1.165, 1.54) is 0 Å². The fourth-order valence-corrected chi connectivity index (χ4v) is 12.6. The van der Waals surface area contributed by atoms with Crippen LogP contribution in [0.15, 0.2) is 49.1 Å². The van der Waals surface area contributed by atoms with Gasteiger partial charge in [0, 0.05) is 0 Å². The van der Waals surface area contributed by atoms with Crippen LogP contribution < -0.4 is 0 Å². The van der Waals surface area contributed by atoms with Gasteiger partial charge < -0.3 is 12.3 Å². The van der Waals surface area contributed by atoms with Gasteiger partial charge in [0.1, 0.15) is 0 Å². The fraction of sp³-hybridized carbons (Fsp3) is 0.111. The molecule has 0 aliphatic carbocycles. The summed E-state index contributed by atoms with van der Waals surface area (Å²) in [5.74, 6) is 0. The van der Waals surface area contributed by atoms with Gasteiger partial charge in [-0.25, -0.2) is 0 Å². The molecule has 0 aromatic rings. The SMILES string of the molecule is C=C[Si]1(C=C)O[SiH](C)O[Si](C=C)(C=C)O1. The van der Waals surface area contributed by atoms with Gasteiger partial charge in [-0.15, -0.1) is 26.3 Å². The molecule has 0 atom stereocenters. The highest BCUT2D eigenvalue weighted by atomic mass is 28.5. The van der Waals surface area contributed by atoms with E-state index in [0.29, 0.717) is 0 Å². The Morgan fingerprint density at radius 3 is 1.47 bits per heavy atom.